The highest BCUT2D eigenvalue weighted by Crippen LogP contribution is 2.37. The molecular formula is C17H26N2S2. The van der Waals surface area contributed by atoms with Gasteiger partial charge in [-0.3, -0.25) is 0 Å². The number of aromatic nitrogens is 2. The Morgan fingerprint density at radius 3 is 2.48 bits per heavy atom. The normalized spacial score (nSPS) is 13.9. The SMILES string of the molecule is CCc1nc(C(C)(C)CC(C)c2cc(C(C)C)ns2)cs1. The molecule has 0 saturated carbocycles. The van der Waals surface area contributed by atoms with Gasteiger partial charge in [0.2, 0.25) is 0 Å². The van der Waals surface area contributed by atoms with E-state index in [1.54, 1.807) is 22.9 Å². The zero-order chi connectivity index (χ0) is 15.6. The average molecular weight is 323 g/mol. The summed E-state index contributed by atoms with van der Waals surface area (Å²) in [4.78, 5) is 6.19. The summed E-state index contributed by atoms with van der Waals surface area (Å²) in [6.45, 7) is 13.5. The van der Waals surface area contributed by atoms with Crippen molar-refractivity contribution < 1.29 is 0 Å². The standard InChI is InChI=1S/C17H26N2S2/c1-7-16-18-15(10-20-16)17(5,6)9-12(4)14-8-13(11(2)3)19-21-14/h8,10-12H,7,9H2,1-6H3. The first-order chi connectivity index (χ1) is 9.83. The summed E-state index contributed by atoms with van der Waals surface area (Å²) in [5.74, 6) is 1.04. The van der Waals surface area contributed by atoms with Crippen molar-refractivity contribution >= 4 is 22.9 Å². The summed E-state index contributed by atoms with van der Waals surface area (Å²) < 4.78 is 4.59. The maximum Gasteiger partial charge on any atom is 0.0925 e. The quantitative estimate of drug-likeness (QED) is 0.676. The number of aryl methyl sites for hydroxylation is 1. The van der Waals surface area contributed by atoms with Crippen LogP contribution in [0.1, 0.15) is 81.1 Å². The van der Waals surface area contributed by atoms with Crippen LogP contribution in [-0.2, 0) is 11.8 Å². The van der Waals surface area contributed by atoms with Crippen molar-refractivity contribution in [3.8, 4) is 0 Å². The zero-order valence-corrected chi connectivity index (χ0v) is 15.6. The Balaban J connectivity index is 2.10. The fraction of sp³-hybridized carbons (Fsp3) is 0.647. The van der Waals surface area contributed by atoms with Crippen molar-refractivity contribution in [2.45, 2.75) is 71.6 Å². The van der Waals surface area contributed by atoms with Gasteiger partial charge in [-0.25, -0.2) is 4.98 Å². The van der Waals surface area contributed by atoms with Gasteiger partial charge in [0.1, 0.15) is 0 Å². The van der Waals surface area contributed by atoms with Crippen molar-refractivity contribution in [3.63, 3.8) is 0 Å². The third-order valence-electron chi connectivity index (χ3n) is 3.99. The molecule has 0 aliphatic carbocycles. The number of hydrogen-bond acceptors (Lipinski definition) is 4. The predicted molar refractivity (Wildman–Crippen MR) is 93.8 cm³/mol. The Morgan fingerprint density at radius 1 is 1.24 bits per heavy atom. The van der Waals surface area contributed by atoms with Gasteiger partial charge in [0.25, 0.3) is 0 Å². The summed E-state index contributed by atoms with van der Waals surface area (Å²) in [6.07, 6.45) is 2.14. The molecule has 2 aromatic heterocycles. The van der Waals surface area contributed by atoms with Crippen molar-refractivity contribution in [1.29, 1.82) is 0 Å². The molecule has 21 heavy (non-hydrogen) atoms. The van der Waals surface area contributed by atoms with E-state index in [1.807, 2.05) is 0 Å². The topological polar surface area (TPSA) is 25.8 Å². The Hall–Kier alpha value is -0.740. The van der Waals surface area contributed by atoms with Crippen LogP contribution in [0.4, 0.5) is 0 Å². The van der Waals surface area contributed by atoms with E-state index in [-0.39, 0.29) is 5.41 Å². The Morgan fingerprint density at radius 2 is 1.95 bits per heavy atom. The van der Waals surface area contributed by atoms with E-state index < -0.39 is 0 Å². The predicted octanol–water partition coefficient (Wildman–Crippen LogP) is 5.76. The number of hydrogen-bond donors (Lipinski definition) is 0. The van der Waals surface area contributed by atoms with Gasteiger partial charge in [0, 0.05) is 15.7 Å². The van der Waals surface area contributed by atoms with Crippen molar-refractivity contribution in [1.82, 2.24) is 9.36 Å². The largest absolute Gasteiger partial charge is 0.246 e. The van der Waals surface area contributed by atoms with Crippen LogP contribution in [0, 0.1) is 0 Å². The van der Waals surface area contributed by atoms with Crippen molar-refractivity contribution in [2.75, 3.05) is 0 Å². The monoisotopic (exact) mass is 322 g/mol. The molecule has 0 aliphatic heterocycles. The molecule has 0 fully saturated rings. The van der Waals surface area contributed by atoms with Gasteiger partial charge in [-0.15, -0.1) is 11.3 Å². The lowest BCUT2D eigenvalue weighted by Crippen LogP contribution is -2.20. The van der Waals surface area contributed by atoms with Crippen LogP contribution in [0.3, 0.4) is 0 Å². The Bertz CT molecular complexity index is 581. The first-order valence-electron chi connectivity index (χ1n) is 7.75. The van der Waals surface area contributed by atoms with Crippen molar-refractivity contribution in [3.05, 3.63) is 32.7 Å². The maximum absolute atomic E-state index is 4.79. The molecule has 0 radical (unpaired) electrons. The number of rotatable bonds is 6. The molecule has 0 saturated heterocycles. The third kappa shape index (κ3) is 3.92. The Kier molecular flexibility index (Phi) is 5.20. The van der Waals surface area contributed by atoms with E-state index in [1.165, 1.54) is 21.3 Å². The van der Waals surface area contributed by atoms with E-state index >= 15 is 0 Å². The second kappa shape index (κ2) is 6.57. The minimum absolute atomic E-state index is 0.116. The Labute approximate surface area is 136 Å². The number of nitrogens with zero attached hydrogens (tertiary/aromatic N) is 2. The highest BCUT2D eigenvalue weighted by molar-refractivity contribution is 7.09. The lowest BCUT2D eigenvalue weighted by atomic mass is 9.80. The third-order valence-corrected chi connectivity index (χ3v) is 6.01. The molecule has 0 amide bonds. The van der Waals surface area contributed by atoms with Crippen molar-refractivity contribution in [2.24, 2.45) is 0 Å². The fourth-order valence-electron chi connectivity index (χ4n) is 2.56. The summed E-state index contributed by atoms with van der Waals surface area (Å²) in [5, 5.41) is 3.48. The minimum atomic E-state index is 0.116. The van der Waals surface area contributed by atoms with Crippen LogP contribution in [0.15, 0.2) is 11.4 Å². The van der Waals surface area contributed by atoms with Crippen LogP contribution in [0.2, 0.25) is 0 Å². The van der Waals surface area contributed by atoms with E-state index in [0.29, 0.717) is 11.8 Å². The summed E-state index contributed by atoms with van der Waals surface area (Å²) in [7, 11) is 0. The van der Waals surface area contributed by atoms with Gasteiger partial charge in [-0.2, -0.15) is 4.37 Å². The molecular weight excluding hydrogens is 296 g/mol. The molecule has 1 atom stereocenters. The molecule has 0 aromatic carbocycles. The highest BCUT2D eigenvalue weighted by atomic mass is 32.1. The van der Waals surface area contributed by atoms with Crippen LogP contribution >= 0.6 is 22.9 Å². The van der Waals surface area contributed by atoms with E-state index in [2.05, 4.69) is 57.4 Å². The van der Waals surface area contributed by atoms with Gasteiger partial charge in [-0.05, 0) is 42.3 Å². The van der Waals surface area contributed by atoms with Crippen LogP contribution in [0.5, 0.6) is 0 Å². The molecule has 2 rings (SSSR count). The first-order valence-corrected chi connectivity index (χ1v) is 9.40. The molecule has 116 valence electrons. The van der Waals surface area contributed by atoms with E-state index in [0.717, 1.165) is 12.8 Å². The molecule has 4 heteroatoms. The lowest BCUT2D eigenvalue weighted by molar-refractivity contribution is 0.431. The number of thiazole rings is 1. The molecule has 0 bridgehead atoms. The molecule has 2 aromatic rings. The minimum Gasteiger partial charge on any atom is -0.246 e. The van der Waals surface area contributed by atoms with E-state index in [4.69, 9.17) is 4.98 Å². The highest BCUT2D eigenvalue weighted by Gasteiger charge is 2.27. The summed E-state index contributed by atoms with van der Waals surface area (Å²) in [6, 6.07) is 2.29. The first kappa shape index (κ1) is 16.6. The average Bonchev–Trinajstić information content (AvgIpc) is 3.07. The van der Waals surface area contributed by atoms with E-state index in [9.17, 15) is 0 Å². The maximum atomic E-state index is 4.79. The zero-order valence-electron chi connectivity index (χ0n) is 13.9. The second-order valence-corrected chi connectivity index (χ2v) is 8.56. The van der Waals surface area contributed by atoms with Gasteiger partial charge >= 0.3 is 0 Å². The summed E-state index contributed by atoms with van der Waals surface area (Å²) >= 11 is 3.45. The molecule has 1 unspecified atom stereocenters. The second-order valence-electron chi connectivity index (χ2n) is 6.78. The van der Waals surface area contributed by atoms with Gasteiger partial charge in [0.15, 0.2) is 0 Å². The van der Waals surface area contributed by atoms with Gasteiger partial charge < -0.3 is 0 Å². The lowest BCUT2D eigenvalue weighted by Gasteiger charge is -2.25. The molecule has 2 nitrogen and oxygen atoms in total. The fourth-order valence-corrected chi connectivity index (χ4v) is 4.41. The summed E-state index contributed by atoms with van der Waals surface area (Å²) in [5.41, 5.74) is 2.58. The molecule has 0 spiro atoms. The van der Waals surface area contributed by atoms with Crippen LogP contribution in [-0.4, -0.2) is 9.36 Å². The van der Waals surface area contributed by atoms with Gasteiger partial charge in [0.05, 0.1) is 16.4 Å². The van der Waals surface area contributed by atoms with Crippen LogP contribution < -0.4 is 0 Å². The molecule has 0 N–H and O–H groups in total. The smallest absolute Gasteiger partial charge is 0.0925 e. The van der Waals surface area contributed by atoms with Crippen LogP contribution in [0.25, 0.3) is 0 Å². The molecule has 2 heterocycles. The molecule has 0 aliphatic rings. The van der Waals surface area contributed by atoms with Gasteiger partial charge in [-0.1, -0.05) is 41.5 Å².